The van der Waals surface area contributed by atoms with Crippen molar-refractivity contribution >= 4 is 23.4 Å². The van der Waals surface area contributed by atoms with Gasteiger partial charge in [-0.15, -0.1) is 6.58 Å². The van der Waals surface area contributed by atoms with Crippen molar-refractivity contribution in [3.8, 4) is 11.5 Å². The number of nitrogens with one attached hydrogen (secondary N) is 2. The molecule has 1 heterocycles. The van der Waals surface area contributed by atoms with Crippen LogP contribution >= 0.6 is 0 Å². The van der Waals surface area contributed by atoms with E-state index in [4.69, 9.17) is 19.9 Å². The lowest BCUT2D eigenvalue weighted by Crippen LogP contribution is -2.37. The Morgan fingerprint density at radius 1 is 1.24 bits per heavy atom. The van der Waals surface area contributed by atoms with Gasteiger partial charge in [-0.05, 0) is 38.2 Å². The van der Waals surface area contributed by atoms with E-state index in [0.29, 0.717) is 41.8 Å². The summed E-state index contributed by atoms with van der Waals surface area (Å²) in [6.45, 7) is 11.1. The standard InChI is InChI=1S/C31H45N3O8/c1-8-12-33-26-21-13-17(2)14-25(41-7)27(36)19(4)15-20(5)29(42-31(32)39)24(40-6)11-9-10-18(3)30(38)34-22(28(21)37)16-23(26)35/h8-11,15-17,19,24-25,27,29,33,35-37H,1,12-14H2,2-7H3,(H2,32,39)(H,34,38)/b11-9-,18-10+,20-15+. The van der Waals surface area contributed by atoms with Crippen LogP contribution in [0, 0.1) is 11.8 Å². The Hall–Kier alpha value is -3.80. The molecule has 0 fully saturated rings. The maximum absolute atomic E-state index is 13.0. The third-order valence-corrected chi connectivity index (χ3v) is 7.25. The minimum Gasteiger partial charge on any atom is -0.506 e. The number of amides is 2. The fraction of sp³-hybridized carbons (Fsp3) is 0.484. The zero-order valence-corrected chi connectivity index (χ0v) is 25.2. The first-order valence-electron chi connectivity index (χ1n) is 13.8. The first-order valence-corrected chi connectivity index (χ1v) is 13.8. The highest BCUT2D eigenvalue weighted by molar-refractivity contribution is 6.04. The van der Waals surface area contributed by atoms with E-state index in [0.717, 1.165) is 0 Å². The molecule has 2 amide bonds. The van der Waals surface area contributed by atoms with E-state index in [-0.39, 0.29) is 23.1 Å². The summed E-state index contributed by atoms with van der Waals surface area (Å²) in [6.07, 6.45) is 4.64. The fourth-order valence-electron chi connectivity index (χ4n) is 4.98. The predicted octanol–water partition coefficient (Wildman–Crippen LogP) is 4.16. The minimum absolute atomic E-state index is 0.0416. The van der Waals surface area contributed by atoms with Gasteiger partial charge in [0.2, 0.25) is 0 Å². The summed E-state index contributed by atoms with van der Waals surface area (Å²) < 4.78 is 16.6. The molecule has 11 heteroatoms. The number of fused-ring (bicyclic) bond motifs is 2. The van der Waals surface area contributed by atoms with Crippen molar-refractivity contribution in [1.29, 1.82) is 0 Å². The second-order valence-electron chi connectivity index (χ2n) is 10.6. The van der Waals surface area contributed by atoms with Gasteiger partial charge in [0.05, 0.1) is 23.6 Å². The fourth-order valence-corrected chi connectivity index (χ4v) is 4.98. The Balaban J connectivity index is 2.67. The van der Waals surface area contributed by atoms with E-state index in [1.165, 1.54) is 26.4 Å². The average Bonchev–Trinajstić information content (AvgIpc) is 2.94. The number of phenols is 2. The molecular weight excluding hydrogens is 542 g/mol. The van der Waals surface area contributed by atoms with Gasteiger partial charge in [-0.1, -0.05) is 44.2 Å². The van der Waals surface area contributed by atoms with Crippen LogP contribution in [0.4, 0.5) is 16.2 Å². The average molecular weight is 588 g/mol. The monoisotopic (exact) mass is 587 g/mol. The Morgan fingerprint density at radius 3 is 2.52 bits per heavy atom. The zero-order chi connectivity index (χ0) is 31.6. The van der Waals surface area contributed by atoms with Gasteiger partial charge in [0.1, 0.15) is 17.6 Å². The number of aromatic hydroxyl groups is 2. The highest BCUT2D eigenvalue weighted by Crippen LogP contribution is 2.42. The molecule has 0 radical (unpaired) electrons. The minimum atomic E-state index is -0.990. The number of aliphatic hydroxyl groups is 1. The summed E-state index contributed by atoms with van der Waals surface area (Å²) in [5, 5.41) is 39.1. The summed E-state index contributed by atoms with van der Waals surface area (Å²) >= 11 is 0. The molecule has 1 aromatic rings. The Labute approximate surface area is 247 Å². The normalized spacial score (nSPS) is 29.3. The highest BCUT2D eigenvalue weighted by atomic mass is 16.6. The van der Waals surface area contributed by atoms with Gasteiger partial charge in [-0.25, -0.2) is 4.79 Å². The van der Waals surface area contributed by atoms with Gasteiger partial charge in [-0.2, -0.15) is 0 Å². The number of ether oxygens (including phenoxy) is 3. The van der Waals surface area contributed by atoms with Gasteiger partial charge in [0.15, 0.2) is 6.10 Å². The van der Waals surface area contributed by atoms with Crippen molar-refractivity contribution in [2.24, 2.45) is 17.6 Å². The lowest BCUT2D eigenvalue weighted by Gasteiger charge is -2.29. The molecule has 2 bridgehead atoms. The van der Waals surface area contributed by atoms with Crippen LogP contribution in [0.3, 0.4) is 0 Å². The molecule has 0 aromatic heterocycles. The van der Waals surface area contributed by atoms with Crippen molar-refractivity contribution in [3.05, 3.63) is 59.7 Å². The number of carbonyl (C=O) groups is 2. The van der Waals surface area contributed by atoms with Crippen LogP contribution < -0.4 is 16.4 Å². The molecule has 1 aromatic carbocycles. The number of primary amides is 1. The van der Waals surface area contributed by atoms with Crippen molar-refractivity contribution in [2.45, 2.75) is 65.0 Å². The number of methoxy groups -OCH3 is 2. The predicted molar refractivity (Wildman–Crippen MR) is 162 cm³/mol. The quantitative estimate of drug-likeness (QED) is 0.162. The zero-order valence-electron chi connectivity index (χ0n) is 25.2. The number of hydrogen-bond acceptors (Lipinski definition) is 9. The second kappa shape index (κ2) is 16.0. The topological polar surface area (TPSA) is 173 Å². The van der Waals surface area contributed by atoms with E-state index in [2.05, 4.69) is 17.2 Å². The molecule has 2 rings (SSSR count). The second-order valence-corrected chi connectivity index (χ2v) is 10.6. The molecule has 6 unspecified atom stereocenters. The highest BCUT2D eigenvalue weighted by Gasteiger charge is 2.30. The maximum Gasteiger partial charge on any atom is 0.405 e. The Bertz CT molecular complexity index is 1210. The summed E-state index contributed by atoms with van der Waals surface area (Å²) in [6, 6.07) is 1.28. The molecular formula is C31H45N3O8. The molecule has 0 saturated heterocycles. The van der Waals surface area contributed by atoms with Gasteiger partial charge in [0, 0.05) is 43.9 Å². The molecule has 0 saturated carbocycles. The molecule has 11 nitrogen and oxygen atoms in total. The third kappa shape index (κ3) is 9.10. The number of phenolic OH excluding ortho intramolecular Hbond substituents is 2. The van der Waals surface area contributed by atoms with Crippen LogP contribution in [0.5, 0.6) is 11.5 Å². The van der Waals surface area contributed by atoms with Gasteiger partial charge < -0.3 is 45.9 Å². The van der Waals surface area contributed by atoms with E-state index in [1.54, 1.807) is 38.2 Å². The van der Waals surface area contributed by atoms with Crippen LogP contribution in [0.25, 0.3) is 0 Å². The molecule has 1 aliphatic heterocycles. The first-order chi connectivity index (χ1) is 19.8. The summed E-state index contributed by atoms with van der Waals surface area (Å²) in [4.78, 5) is 24.7. The number of nitrogens with two attached hydrogens (primary N) is 1. The molecule has 7 N–H and O–H groups in total. The van der Waals surface area contributed by atoms with Crippen LogP contribution in [-0.2, 0) is 25.4 Å². The van der Waals surface area contributed by atoms with Crippen molar-refractivity contribution in [3.63, 3.8) is 0 Å². The number of carbonyl (C=O) groups excluding carboxylic acids is 2. The lowest BCUT2D eigenvalue weighted by atomic mass is 9.87. The van der Waals surface area contributed by atoms with Crippen LogP contribution in [0.2, 0.25) is 0 Å². The van der Waals surface area contributed by atoms with Crippen LogP contribution in [0.15, 0.2) is 54.2 Å². The van der Waals surface area contributed by atoms with Gasteiger partial charge in [-0.3, -0.25) is 4.79 Å². The molecule has 0 aliphatic carbocycles. The Kier molecular flexibility index (Phi) is 13.1. The summed E-state index contributed by atoms with van der Waals surface area (Å²) in [5.74, 6) is -1.41. The van der Waals surface area contributed by atoms with E-state index < -0.39 is 42.3 Å². The summed E-state index contributed by atoms with van der Waals surface area (Å²) in [5.41, 5.74) is 7.01. The lowest BCUT2D eigenvalue weighted by molar-refractivity contribution is -0.112. The molecule has 1 aliphatic rings. The Morgan fingerprint density at radius 2 is 1.93 bits per heavy atom. The number of rotatable bonds is 6. The number of allylic oxidation sites excluding steroid dienone is 2. The number of anilines is 2. The number of benzene rings is 1. The number of hydrogen-bond donors (Lipinski definition) is 6. The maximum atomic E-state index is 13.0. The van der Waals surface area contributed by atoms with Gasteiger partial charge in [0.25, 0.3) is 5.91 Å². The van der Waals surface area contributed by atoms with E-state index in [1.807, 2.05) is 13.8 Å². The SMILES string of the molecule is C=CCNc1c(O)cc2c(O)c1CC(C)CC(OC)C(O)C(C)/C=C(\C)C(OC(N)=O)C(OC)/C=C\C=C(/C)C(=O)N2. The summed E-state index contributed by atoms with van der Waals surface area (Å²) in [7, 11) is 2.95. The van der Waals surface area contributed by atoms with Crippen molar-refractivity contribution in [2.75, 3.05) is 31.4 Å². The van der Waals surface area contributed by atoms with E-state index in [9.17, 15) is 24.9 Å². The van der Waals surface area contributed by atoms with E-state index >= 15 is 0 Å². The first kappa shape index (κ1) is 34.4. The van der Waals surface area contributed by atoms with Crippen LogP contribution in [-0.4, -0.2) is 72.5 Å². The smallest absolute Gasteiger partial charge is 0.405 e. The van der Waals surface area contributed by atoms with Gasteiger partial charge >= 0.3 is 6.09 Å². The molecule has 0 spiro atoms. The molecule has 232 valence electrons. The van der Waals surface area contributed by atoms with Crippen molar-refractivity contribution in [1.82, 2.24) is 0 Å². The van der Waals surface area contributed by atoms with Crippen LogP contribution in [0.1, 0.15) is 39.7 Å². The number of aliphatic hydroxyl groups excluding tert-OH is 1. The molecule has 6 atom stereocenters. The van der Waals surface area contributed by atoms with Crippen molar-refractivity contribution < 1.29 is 39.1 Å². The largest absolute Gasteiger partial charge is 0.506 e. The molecule has 42 heavy (non-hydrogen) atoms. The third-order valence-electron chi connectivity index (χ3n) is 7.25.